The number of benzene rings is 1. The highest BCUT2D eigenvalue weighted by molar-refractivity contribution is 7.17. The van der Waals surface area contributed by atoms with Crippen LogP contribution in [0.3, 0.4) is 0 Å². The quantitative estimate of drug-likeness (QED) is 0.782. The summed E-state index contributed by atoms with van der Waals surface area (Å²) < 4.78 is 1.30. The van der Waals surface area contributed by atoms with Crippen molar-refractivity contribution in [2.45, 2.75) is 18.9 Å². The van der Waals surface area contributed by atoms with Crippen LogP contribution in [0.1, 0.15) is 24.4 Å². The molecule has 2 nitrogen and oxygen atoms in total. The molecular formula is C12H11NOS. The number of thiophene rings is 1. The van der Waals surface area contributed by atoms with E-state index in [1.54, 1.807) is 11.3 Å². The van der Waals surface area contributed by atoms with Crippen LogP contribution in [0.2, 0.25) is 0 Å². The van der Waals surface area contributed by atoms with Gasteiger partial charge in [-0.15, -0.1) is 11.3 Å². The van der Waals surface area contributed by atoms with Crippen molar-refractivity contribution in [2.75, 3.05) is 0 Å². The molecule has 3 rings (SSSR count). The van der Waals surface area contributed by atoms with Crippen molar-refractivity contribution in [1.29, 1.82) is 0 Å². The highest BCUT2D eigenvalue weighted by atomic mass is 32.1. The van der Waals surface area contributed by atoms with Gasteiger partial charge in [-0.3, -0.25) is 4.79 Å². The topological polar surface area (TPSA) is 29.1 Å². The molecule has 1 atom stereocenters. The lowest BCUT2D eigenvalue weighted by molar-refractivity contribution is -0.119. The number of nitrogens with one attached hydrogen (secondary N) is 1. The molecule has 1 amide bonds. The number of hydrogen-bond acceptors (Lipinski definition) is 2. The second-order valence-electron chi connectivity index (χ2n) is 3.85. The van der Waals surface area contributed by atoms with Crippen molar-refractivity contribution in [1.82, 2.24) is 5.32 Å². The summed E-state index contributed by atoms with van der Waals surface area (Å²) >= 11 is 1.75. The van der Waals surface area contributed by atoms with E-state index < -0.39 is 0 Å². The second kappa shape index (κ2) is 3.35. The minimum atomic E-state index is 0.176. The molecule has 2 aromatic rings. The molecule has 1 fully saturated rings. The smallest absolute Gasteiger partial charge is 0.220 e. The van der Waals surface area contributed by atoms with E-state index in [0.29, 0.717) is 6.42 Å². The minimum absolute atomic E-state index is 0.176. The van der Waals surface area contributed by atoms with E-state index in [-0.39, 0.29) is 11.9 Å². The molecule has 0 aliphatic carbocycles. The van der Waals surface area contributed by atoms with Crippen LogP contribution < -0.4 is 5.32 Å². The molecule has 1 aromatic carbocycles. The molecule has 1 saturated heterocycles. The SMILES string of the molecule is O=C1CCC(c2csc3ccccc23)N1. The average Bonchev–Trinajstić information content (AvgIpc) is 2.83. The maximum Gasteiger partial charge on any atom is 0.220 e. The fraction of sp³-hybridized carbons (Fsp3) is 0.250. The van der Waals surface area contributed by atoms with Gasteiger partial charge in [0, 0.05) is 11.1 Å². The Labute approximate surface area is 91.9 Å². The fourth-order valence-corrected chi connectivity index (χ4v) is 3.13. The molecule has 1 aromatic heterocycles. The van der Waals surface area contributed by atoms with Crippen molar-refractivity contribution in [2.24, 2.45) is 0 Å². The molecule has 3 heteroatoms. The van der Waals surface area contributed by atoms with Crippen LogP contribution in [0, 0.1) is 0 Å². The summed E-state index contributed by atoms with van der Waals surface area (Å²) in [5.41, 5.74) is 1.28. The maximum atomic E-state index is 11.2. The van der Waals surface area contributed by atoms with Gasteiger partial charge < -0.3 is 5.32 Å². The zero-order valence-electron chi connectivity index (χ0n) is 8.19. The Morgan fingerprint density at radius 2 is 2.20 bits per heavy atom. The Balaban J connectivity index is 2.07. The van der Waals surface area contributed by atoms with E-state index in [4.69, 9.17) is 0 Å². The van der Waals surface area contributed by atoms with Crippen molar-refractivity contribution in [3.8, 4) is 0 Å². The highest BCUT2D eigenvalue weighted by Crippen LogP contribution is 2.34. The van der Waals surface area contributed by atoms with E-state index in [2.05, 4.69) is 35.0 Å². The van der Waals surface area contributed by atoms with Crippen LogP contribution in [0.25, 0.3) is 10.1 Å². The molecule has 0 radical (unpaired) electrons. The van der Waals surface area contributed by atoms with Crippen molar-refractivity contribution in [3.05, 3.63) is 35.2 Å². The number of carbonyl (C=O) groups excluding carboxylic acids is 1. The minimum Gasteiger partial charge on any atom is -0.349 e. The van der Waals surface area contributed by atoms with Gasteiger partial charge in [-0.2, -0.15) is 0 Å². The maximum absolute atomic E-state index is 11.2. The van der Waals surface area contributed by atoms with Gasteiger partial charge in [0.05, 0.1) is 6.04 Å². The van der Waals surface area contributed by atoms with E-state index in [9.17, 15) is 4.79 Å². The zero-order valence-corrected chi connectivity index (χ0v) is 9.01. The molecule has 1 aliphatic rings. The van der Waals surface area contributed by atoms with E-state index in [1.807, 2.05) is 0 Å². The lowest BCUT2D eigenvalue weighted by Crippen LogP contribution is -2.17. The van der Waals surface area contributed by atoms with Crippen molar-refractivity contribution in [3.63, 3.8) is 0 Å². The Kier molecular flexibility index (Phi) is 1.99. The first kappa shape index (κ1) is 8.92. The van der Waals surface area contributed by atoms with Gasteiger partial charge in [0.25, 0.3) is 0 Å². The predicted octanol–water partition coefficient (Wildman–Crippen LogP) is 2.85. The molecule has 2 heterocycles. The zero-order chi connectivity index (χ0) is 10.3. The lowest BCUT2D eigenvalue weighted by Gasteiger charge is -2.08. The largest absolute Gasteiger partial charge is 0.349 e. The summed E-state index contributed by atoms with van der Waals surface area (Å²) in [7, 11) is 0. The van der Waals surface area contributed by atoms with Gasteiger partial charge in [-0.05, 0) is 28.8 Å². The number of carbonyl (C=O) groups is 1. The summed E-state index contributed by atoms with van der Waals surface area (Å²) in [6, 6.07) is 8.59. The van der Waals surface area contributed by atoms with Gasteiger partial charge in [0.1, 0.15) is 0 Å². The summed E-state index contributed by atoms with van der Waals surface area (Å²) in [6.07, 6.45) is 1.59. The number of rotatable bonds is 1. The summed E-state index contributed by atoms with van der Waals surface area (Å²) in [5.74, 6) is 0.176. The normalized spacial score (nSPS) is 20.8. The number of hydrogen-bond donors (Lipinski definition) is 1. The Morgan fingerprint density at radius 1 is 1.33 bits per heavy atom. The van der Waals surface area contributed by atoms with Crippen LogP contribution in [-0.2, 0) is 4.79 Å². The van der Waals surface area contributed by atoms with Gasteiger partial charge in [-0.25, -0.2) is 0 Å². The molecule has 0 spiro atoms. The molecule has 1 unspecified atom stereocenters. The molecule has 0 bridgehead atoms. The van der Waals surface area contributed by atoms with E-state index in [1.165, 1.54) is 15.6 Å². The monoisotopic (exact) mass is 217 g/mol. The van der Waals surface area contributed by atoms with E-state index >= 15 is 0 Å². The Hall–Kier alpha value is -1.35. The van der Waals surface area contributed by atoms with Gasteiger partial charge in [-0.1, -0.05) is 18.2 Å². The molecule has 76 valence electrons. The Morgan fingerprint density at radius 3 is 3.00 bits per heavy atom. The van der Waals surface area contributed by atoms with Crippen molar-refractivity contribution < 1.29 is 4.79 Å². The van der Waals surface area contributed by atoms with E-state index in [0.717, 1.165) is 6.42 Å². The van der Waals surface area contributed by atoms with Crippen molar-refractivity contribution >= 4 is 27.3 Å². The molecule has 15 heavy (non-hydrogen) atoms. The summed E-state index contributed by atoms with van der Waals surface area (Å²) in [6.45, 7) is 0. The first-order valence-electron chi connectivity index (χ1n) is 5.10. The van der Waals surface area contributed by atoms with Crippen LogP contribution >= 0.6 is 11.3 Å². The van der Waals surface area contributed by atoms with Gasteiger partial charge in [0.15, 0.2) is 0 Å². The standard InChI is InChI=1S/C12H11NOS/c14-12-6-5-10(13-12)9-7-15-11-4-2-1-3-8(9)11/h1-4,7,10H,5-6H2,(H,13,14). The first-order chi connectivity index (χ1) is 7.34. The first-order valence-corrected chi connectivity index (χ1v) is 5.98. The third-order valence-corrected chi connectivity index (χ3v) is 3.86. The van der Waals surface area contributed by atoms with Crippen LogP contribution in [0.4, 0.5) is 0 Å². The van der Waals surface area contributed by atoms with Gasteiger partial charge >= 0.3 is 0 Å². The molecule has 1 aliphatic heterocycles. The Bertz CT molecular complexity index is 517. The third kappa shape index (κ3) is 1.43. The summed E-state index contributed by atoms with van der Waals surface area (Å²) in [5, 5.41) is 6.47. The summed E-state index contributed by atoms with van der Waals surface area (Å²) in [4.78, 5) is 11.2. The average molecular weight is 217 g/mol. The number of fused-ring (bicyclic) bond motifs is 1. The third-order valence-electron chi connectivity index (χ3n) is 2.88. The lowest BCUT2D eigenvalue weighted by atomic mass is 10.0. The van der Waals surface area contributed by atoms with Crippen LogP contribution in [-0.4, -0.2) is 5.91 Å². The second-order valence-corrected chi connectivity index (χ2v) is 4.76. The molecule has 0 saturated carbocycles. The fourth-order valence-electron chi connectivity index (χ4n) is 2.12. The van der Waals surface area contributed by atoms with Crippen LogP contribution in [0.5, 0.6) is 0 Å². The number of amides is 1. The van der Waals surface area contributed by atoms with Gasteiger partial charge in [0.2, 0.25) is 5.91 Å². The van der Waals surface area contributed by atoms with Crippen LogP contribution in [0.15, 0.2) is 29.6 Å². The molecule has 1 N–H and O–H groups in total. The molecular weight excluding hydrogens is 206 g/mol. The predicted molar refractivity (Wildman–Crippen MR) is 61.9 cm³/mol. The highest BCUT2D eigenvalue weighted by Gasteiger charge is 2.24.